The second-order valence-corrected chi connectivity index (χ2v) is 10.9. The zero-order chi connectivity index (χ0) is 19.8. The van der Waals surface area contributed by atoms with E-state index in [0.717, 1.165) is 6.42 Å². The first-order chi connectivity index (χ1) is 12.4. The van der Waals surface area contributed by atoms with Crippen molar-refractivity contribution in [3.63, 3.8) is 0 Å². The van der Waals surface area contributed by atoms with Crippen molar-refractivity contribution >= 4 is 33.3 Å². The Morgan fingerprint density at radius 3 is 2.26 bits per heavy atom. The van der Waals surface area contributed by atoms with Crippen molar-refractivity contribution in [2.75, 3.05) is 0 Å². The van der Waals surface area contributed by atoms with Crippen molar-refractivity contribution in [2.45, 2.75) is 75.4 Å². The Hall–Kier alpha value is -1.38. The van der Waals surface area contributed by atoms with E-state index < -0.39 is 34.0 Å². The Labute approximate surface area is 159 Å². The third-order valence-corrected chi connectivity index (χ3v) is 8.56. The number of H-pyrrole nitrogens is 1. The molecule has 2 fully saturated rings. The molecular weight excluding hydrogens is 368 g/mol. The molecule has 0 spiro atoms. The van der Waals surface area contributed by atoms with Crippen molar-refractivity contribution in [1.82, 2.24) is 4.98 Å². The molecule has 1 aliphatic heterocycles. The maximum absolute atomic E-state index is 14.6. The predicted octanol–water partition coefficient (Wildman–Crippen LogP) is 3.24. The molecule has 146 valence electrons. The highest BCUT2D eigenvalue weighted by molar-refractivity contribution is 7.92. The highest BCUT2D eigenvalue weighted by Gasteiger charge is 2.52. The lowest BCUT2D eigenvalue weighted by atomic mass is 9.74. The van der Waals surface area contributed by atoms with E-state index in [0.29, 0.717) is 29.3 Å². The molecule has 1 saturated heterocycles. The average Bonchev–Trinajstić information content (AvgIpc) is 2.97. The molecule has 1 saturated carbocycles. The molecule has 0 bridgehead atoms. The number of aromatic nitrogens is 1. The number of sulfone groups is 1. The van der Waals surface area contributed by atoms with Gasteiger partial charge in [0, 0.05) is 5.39 Å². The smallest absolute Gasteiger partial charge is 0.399 e. The van der Waals surface area contributed by atoms with Crippen LogP contribution in [-0.2, 0) is 19.1 Å². The largest absolute Gasteiger partial charge is 0.495 e. The SMILES string of the molecule is Cc1cc(F)c2[nH]c(S(=O)(=O)C3CCC3)cc2c1B1OC(C)(C)C(C)(C)O1. The first-order valence-electron chi connectivity index (χ1n) is 9.35. The molecule has 0 radical (unpaired) electrons. The molecule has 1 aliphatic carbocycles. The van der Waals surface area contributed by atoms with Crippen molar-refractivity contribution < 1.29 is 22.1 Å². The fourth-order valence-corrected chi connectivity index (χ4v) is 5.51. The summed E-state index contributed by atoms with van der Waals surface area (Å²) >= 11 is 0. The number of fused-ring (bicyclic) bond motifs is 1. The summed E-state index contributed by atoms with van der Waals surface area (Å²) in [5.41, 5.74) is 0.453. The van der Waals surface area contributed by atoms with Gasteiger partial charge in [0.1, 0.15) is 10.8 Å². The van der Waals surface area contributed by atoms with Crippen LogP contribution in [0.2, 0.25) is 0 Å². The Bertz CT molecular complexity index is 1010. The van der Waals surface area contributed by atoms with Gasteiger partial charge in [0.25, 0.3) is 0 Å². The molecule has 4 rings (SSSR count). The van der Waals surface area contributed by atoms with Crippen LogP contribution in [-0.4, -0.2) is 37.0 Å². The number of aromatic amines is 1. The van der Waals surface area contributed by atoms with E-state index in [1.807, 2.05) is 27.7 Å². The number of halogens is 1. The lowest BCUT2D eigenvalue weighted by molar-refractivity contribution is 0.00578. The van der Waals surface area contributed by atoms with Gasteiger partial charge in [-0.05, 0) is 70.6 Å². The molecule has 5 nitrogen and oxygen atoms in total. The molecule has 1 N–H and O–H groups in total. The lowest BCUT2D eigenvalue weighted by Gasteiger charge is -2.32. The predicted molar refractivity (Wildman–Crippen MR) is 104 cm³/mol. The first kappa shape index (κ1) is 19.0. The van der Waals surface area contributed by atoms with E-state index in [9.17, 15) is 12.8 Å². The van der Waals surface area contributed by atoms with Crippen molar-refractivity contribution in [3.8, 4) is 0 Å². The van der Waals surface area contributed by atoms with E-state index in [-0.39, 0.29) is 15.8 Å². The van der Waals surface area contributed by atoms with Gasteiger partial charge in [-0.15, -0.1) is 0 Å². The summed E-state index contributed by atoms with van der Waals surface area (Å²) in [6.45, 7) is 9.59. The average molecular weight is 393 g/mol. The van der Waals surface area contributed by atoms with Crippen LogP contribution < -0.4 is 5.46 Å². The minimum atomic E-state index is -3.48. The van der Waals surface area contributed by atoms with Crippen LogP contribution in [0.15, 0.2) is 17.2 Å². The maximum atomic E-state index is 14.6. The molecule has 1 aromatic carbocycles. The summed E-state index contributed by atoms with van der Waals surface area (Å²) in [6.07, 6.45) is 2.23. The Morgan fingerprint density at radius 2 is 1.74 bits per heavy atom. The van der Waals surface area contributed by atoms with Gasteiger partial charge < -0.3 is 14.3 Å². The molecular formula is C19H25BFNO4S. The summed E-state index contributed by atoms with van der Waals surface area (Å²) in [5, 5.41) is 0.198. The molecule has 0 amide bonds. The summed E-state index contributed by atoms with van der Waals surface area (Å²) in [5.74, 6) is -0.474. The van der Waals surface area contributed by atoms with E-state index in [2.05, 4.69) is 4.98 Å². The second kappa shape index (κ2) is 5.81. The van der Waals surface area contributed by atoms with Gasteiger partial charge in [-0.3, -0.25) is 0 Å². The third-order valence-electron chi connectivity index (χ3n) is 6.38. The molecule has 8 heteroatoms. The van der Waals surface area contributed by atoms with Gasteiger partial charge in [-0.25, -0.2) is 12.8 Å². The van der Waals surface area contributed by atoms with Gasteiger partial charge in [-0.2, -0.15) is 0 Å². The summed E-state index contributed by atoms with van der Waals surface area (Å²) < 4.78 is 52.5. The molecule has 2 aliphatic rings. The monoisotopic (exact) mass is 393 g/mol. The van der Waals surface area contributed by atoms with Crippen LogP contribution in [0.3, 0.4) is 0 Å². The minimum Gasteiger partial charge on any atom is -0.399 e. The number of rotatable bonds is 3. The first-order valence-corrected chi connectivity index (χ1v) is 10.9. The number of hydrogen-bond acceptors (Lipinski definition) is 4. The van der Waals surface area contributed by atoms with Crippen LogP contribution in [0.5, 0.6) is 0 Å². The van der Waals surface area contributed by atoms with Crippen LogP contribution in [0.25, 0.3) is 10.9 Å². The molecule has 1 aromatic heterocycles. The van der Waals surface area contributed by atoms with E-state index in [1.54, 1.807) is 13.0 Å². The highest BCUT2D eigenvalue weighted by atomic mass is 32.2. The van der Waals surface area contributed by atoms with E-state index >= 15 is 0 Å². The maximum Gasteiger partial charge on any atom is 0.495 e. The summed E-state index contributed by atoms with van der Waals surface area (Å²) in [4.78, 5) is 2.81. The van der Waals surface area contributed by atoms with Crippen LogP contribution in [0.1, 0.15) is 52.5 Å². The van der Waals surface area contributed by atoms with Crippen LogP contribution in [0.4, 0.5) is 4.39 Å². The van der Waals surface area contributed by atoms with Gasteiger partial charge in [0.2, 0.25) is 0 Å². The summed E-state index contributed by atoms with van der Waals surface area (Å²) in [6, 6.07) is 2.94. The van der Waals surface area contributed by atoms with Crippen molar-refractivity contribution in [1.29, 1.82) is 0 Å². The number of nitrogens with one attached hydrogen (secondary N) is 1. The van der Waals surface area contributed by atoms with Gasteiger partial charge in [0.15, 0.2) is 9.84 Å². The quantitative estimate of drug-likeness (QED) is 0.813. The van der Waals surface area contributed by atoms with Gasteiger partial charge in [0.05, 0.1) is 22.0 Å². The normalized spacial score (nSPS) is 22.4. The standard InChI is InChI=1S/C19H25BFNO4S/c1-11-9-14(21)17-13(10-15(22-17)27(23,24)12-7-6-8-12)16(11)20-25-18(2,3)19(4,5)26-20/h9-10,12,22H,6-8H2,1-5H3. The van der Waals surface area contributed by atoms with Crippen molar-refractivity contribution in [2.24, 2.45) is 0 Å². The Balaban J connectivity index is 1.87. The Morgan fingerprint density at radius 1 is 1.15 bits per heavy atom. The highest BCUT2D eigenvalue weighted by Crippen LogP contribution is 2.38. The second-order valence-electron chi connectivity index (χ2n) is 8.70. The third kappa shape index (κ3) is 2.76. The van der Waals surface area contributed by atoms with Crippen molar-refractivity contribution in [3.05, 3.63) is 23.5 Å². The molecule has 2 aromatic rings. The number of aryl methyl sites for hydroxylation is 1. The lowest BCUT2D eigenvalue weighted by Crippen LogP contribution is -2.41. The fraction of sp³-hybridized carbons (Fsp3) is 0.579. The molecule has 0 atom stereocenters. The minimum absolute atomic E-state index is 0.0736. The van der Waals surface area contributed by atoms with E-state index in [1.165, 1.54) is 6.07 Å². The van der Waals surface area contributed by atoms with E-state index in [4.69, 9.17) is 9.31 Å². The van der Waals surface area contributed by atoms with Gasteiger partial charge >= 0.3 is 7.12 Å². The number of benzene rings is 1. The van der Waals surface area contributed by atoms with Crippen LogP contribution in [0, 0.1) is 12.7 Å². The summed E-state index contributed by atoms with van der Waals surface area (Å²) in [7, 11) is -4.17. The van der Waals surface area contributed by atoms with Crippen LogP contribution >= 0.6 is 0 Å². The number of hydrogen-bond donors (Lipinski definition) is 1. The molecule has 0 unspecified atom stereocenters. The topological polar surface area (TPSA) is 68.4 Å². The van der Waals surface area contributed by atoms with Gasteiger partial charge in [-0.1, -0.05) is 6.42 Å². The zero-order valence-electron chi connectivity index (χ0n) is 16.3. The molecule has 2 heterocycles. The Kier molecular flexibility index (Phi) is 4.08. The molecule has 27 heavy (non-hydrogen) atoms. The fourth-order valence-electron chi connectivity index (χ4n) is 3.67. The zero-order valence-corrected chi connectivity index (χ0v) is 17.2.